The molecule has 0 radical (unpaired) electrons. The Morgan fingerprint density at radius 1 is 0.508 bits per heavy atom. The SMILES string of the molecule is CC12C3=C(C=CCC3c3cccc(N(c4ccc(-c5ccc6ccccc6c5)cc4)c4cccc(-c5ccccc5)c4)c3)N(c3ccccc3)C1C=Cc1ccccc12. The maximum atomic E-state index is 2.59. The zero-order valence-electron chi connectivity index (χ0n) is 33.1. The molecule has 8 aromatic rings. The molecule has 0 bridgehead atoms. The highest BCUT2D eigenvalue weighted by molar-refractivity contribution is 5.88. The second-order valence-corrected chi connectivity index (χ2v) is 16.2. The van der Waals surface area contributed by atoms with Crippen LogP contribution in [0.5, 0.6) is 0 Å². The highest BCUT2D eigenvalue weighted by Crippen LogP contribution is 2.58. The molecule has 0 N–H and O–H groups in total. The van der Waals surface area contributed by atoms with Gasteiger partial charge in [-0.2, -0.15) is 0 Å². The predicted molar refractivity (Wildman–Crippen MR) is 249 cm³/mol. The molecule has 0 saturated heterocycles. The van der Waals surface area contributed by atoms with Crippen LogP contribution in [-0.2, 0) is 5.41 Å². The Hall–Kier alpha value is -7.16. The number of anilines is 4. The Bertz CT molecular complexity index is 2940. The van der Waals surface area contributed by atoms with Gasteiger partial charge in [0.05, 0.1) is 6.04 Å². The number of benzene rings is 8. The van der Waals surface area contributed by atoms with Crippen LogP contribution in [0.25, 0.3) is 39.1 Å². The van der Waals surface area contributed by atoms with E-state index in [1.54, 1.807) is 0 Å². The van der Waals surface area contributed by atoms with Gasteiger partial charge in [0.15, 0.2) is 0 Å². The van der Waals surface area contributed by atoms with Gasteiger partial charge in [0, 0.05) is 39.8 Å². The molecular formula is C57H44N2. The van der Waals surface area contributed by atoms with Crippen molar-refractivity contribution in [1.29, 1.82) is 0 Å². The minimum absolute atomic E-state index is 0.163. The van der Waals surface area contributed by atoms with E-state index in [2.05, 4.69) is 241 Å². The monoisotopic (exact) mass is 756 g/mol. The Labute approximate surface area is 347 Å². The van der Waals surface area contributed by atoms with Crippen LogP contribution < -0.4 is 9.80 Å². The second-order valence-electron chi connectivity index (χ2n) is 16.2. The van der Waals surface area contributed by atoms with E-state index in [1.165, 1.54) is 66.7 Å². The molecule has 2 aliphatic carbocycles. The molecule has 11 rings (SSSR count). The Kier molecular flexibility index (Phi) is 8.52. The maximum absolute atomic E-state index is 2.59. The Morgan fingerprint density at radius 3 is 1.98 bits per heavy atom. The van der Waals surface area contributed by atoms with Crippen LogP contribution in [0.1, 0.15) is 36.0 Å². The zero-order chi connectivity index (χ0) is 39.3. The van der Waals surface area contributed by atoms with Gasteiger partial charge < -0.3 is 9.80 Å². The number of fused-ring (bicyclic) bond motifs is 5. The summed E-state index contributed by atoms with van der Waals surface area (Å²) in [6, 6.07) is 73.6. The quantitative estimate of drug-likeness (QED) is 0.160. The lowest BCUT2D eigenvalue weighted by Crippen LogP contribution is -2.44. The van der Waals surface area contributed by atoms with Crippen molar-refractivity contribution in [3.63, 3.8) is 0 Å². The van der Waals surface area contributed by atoms with Gasteiger partial charge in [-0.15, -0.1) is 0 Å². The minimum atomic E-state index is -0.218. The van der Waals surface area contributed by atoms with E-state index < -0.39 is 0 Å². The van der Waals surface area contributed by atoms with E-state index in [0.29, 0.717) is 0 Å². The first-order valence-electron chi connectivity index (χ1n) is 20.8. The third-order valence-corrected chi connectivity index (χ3v) is 12.9. The summed E-state index contributed by atoms with van der Waals surface area (Å²) in [5.74, 6) is 0.198. The summed E-state index contributed by atoms with van der Waals surface area (Å²) in [6.07, 6.45) is 10.5. The van der Waals surface area contributed by atoms with Crippen LogP contribution >= 0.6 is 0 Å². The number of para-hydroxylation sites is 1. The molecule has 3 atom stereocenters. The van der Waals surface area contributed by atoms with E-state index in [4.69, 9.17) is 0 Å². The lowest BCUT2D eigenvalue weighted by molar-refractivity contribution is 0.485. The van der Waals surface area contributed by atoms with Crippen LogP contribution in [0, 0.1) is 0 Å². The fourth-order valence-electron chi connectivity index (χ4n) is 10.1. The average Bonchev–Trinajstić information content (AvgIpc) is 3.59. The first-order chi connectivity index (χ1) is 29.1. The van der Waals surface area contributed by atoms with Gasteiger partial charge in [-0.25, -0.2) is 0 Å². The van der Waals surface area contributed by atoms with Crippen molar-refractivity contribution in [3.8, 4) is 22.3 Å². The molecule has 0 spiro atoms. The fourth-order valence-corrected chi connectivity index (χ4v) is 10.1. The van der Waals surface area contributed by atoms with Crippen molar-refractivity contribution in [2.45, 2.75) is 30.7 Å². The maximum Gasteiger partial charge on any atom is 0.0658 e. The summed E-state index contributed by atoms with van der Waals surface area (Å²) in [6.45, 7) is 2.49. The fraction of sp³-hybridized carbons (Fsp3) is 0.0877. The number of allylic oxidation sites excluding steroid dienone is 2. The molecule has 0 amide bonds. The molecular weight excluding hydrogens is 713 g/mol. The van der Waals surface area contributed by atoms with Crippen LogP contribution in [0.3, 0.4) is 0 Å². The third-order valence-electron chi connectivity index (χ3n) is 12.9. The van der Waals surface area contributed by atoms with Crippen LogP contribution in [0.15, 0.2) is 230 Å². The Morgan fingerprint density at radius 2 is 1.15 bits per heavy atom. The van der Waals surface area contributed by atoms with Crippen LogP contribution in [0.2, 0.25) is 0 Å². The average molecular weight is 757 g/mol. The molecule has 3 unspecified atom stereocenters. The van der Waals surface area contributed by atoms with Gasteiger partial charge in [-0.05, 0) is 129 Å². The van der Waals surface area contributed by atoms with Crippen molar-refractivity contribution in [2.24, 2.45) is 0 Å². The van der Waals surface area contributed by atoms with E-state index >= 15 is 0 Å². The molecule has 0 saturated carbocycles. The molecule has 2 nitrogen and oxygen atoms in total. The molecule has 2 heteroatoms. The molecule has 282 valence electrons. The van der Waals surface area contributed by atoms with Gasteiger partial charge in [0.1, 0.15) is 0 Å². The summed E-state index contributed by atoms with van der Waals surface area (Å²) in [7, 11) is 0. The van der Waals surface area contributed by atoms with Gasteiger partial charge in [-0.1, -0.05) is 164 Å². The van der Waals surface area contributed by atoms with E-state index in [0.717, 1.165) is 23.5 Å². The number of hydrogen-bond acceptors (Lipinski definition) is 2. The molecule has 8 aromatic carbocycles. The van der Waals surface area contributed by atoms with Crippen molar-refractivity contribution >= 4 is 39.6 Å². The smallest absolute Gasteiger partial charge is 0.0658 e. The third kappa shape index (κ3) is 5.94. The lowest BCUT2D eigenvalue weighted by Gasteiger charge is -2.42. The van der Waals surface area contributed by atoms with Gasteiger partial charge in [0.25, 0.3) is 0 Å². The van der Waals surface area contributed by atoms with Crippen molar-refractivity contribution < 1.29 is 0 Å². The largest absolute Gasteiger partial charge is 0.333 e. The molecule has 0 aromatic heterocycles. The highest BCUT2D eigenvalue weighted by Gasteiger charge is 2.54. The van der Waals surface area contributed by atoms with Crippen molar-refractivity contribution in [1.82, 2.24) is 0 Å². The normalized spacial score (nSPS) is 19.0. The van der Waals surface area contributed by atoms with Gasteiger partial charge in [0.2, 0.25) is 0 Å². The first kappa shape index (κ1) is 35.0. The van der Waals surface area contributed by atoms with Gasteiger partial charge in [-0.3, -0.25) is 0 Å². The lowest BCUT2D eigenvalue weighted by atomic mass is 9.63. The van der Waals surface area contributed by atoms with E-state index in [-0.39, 0.29) is 17.4 Å². The second kappa shape index (κ2) is 14.3. The summed E-state index contributed by atoms with van der Waals surface area (Å²) in [5, 5.41) is 2.51. The molecule has 1 aliphatic heterocycles. The Balaban J connectivity index is 1.04. The summed E-state index contributed by atoms with van der Waals surface area (Å²) in [5.41, 5.74) is 16.1. The number of nitrogens with zero attached hydrogens (tertiary/aromatic N) is 2. The van der Waals surface area contributed by atoms with Crippen LogP contribution in [0.4, 0.5) is 22.7 Å². The number of hydrogen-bond donors (Lipinski definition) is 0. The van der Waals surface area contributed by atoms with Crippen LogP contribution in [-0.4, -0.2) is 6.04 Å². The van der Waals surface area contributed by atoms with E-state index in [1.807, 2.05) is 0 Å². The van der Waals surface area contributed by atoms with Gasteiger partial charge >= 0.3 is 0 Å². The summed E-state index contributed by atoms with van der Waals surface area (Å²) < 4.78 is 0. The minimum Gasteiger partial charge on any atom is -0.333 e. The first-order valence-corrected chi connectivity index (χ1v) is 20.8. The number of rotatable bonds is 7. The predicted octanol–water partition coefficient (Wildman–Crippen LogP) is 14.8. The molecule has 1 heterocycles. The van der Waals surface area contributed by atoms with E-state index in [9.17, 15) is 0 Å². The molecule has 0 fully saturated rings. The molecule has 3 aliphatic rings. The summed E-state index contributed by atoms with van der Waals surface area (Å²) in [4.78, 5) is 5.02. The topological polar surface area (TPSA) is 6.48 Å². The van der Waals surface area contributed by atoms with Crippen molar-refractivity contribution in [2.75, 3.05) is 9.80 Å². The summed E-state index contributed by atoms with van der Waals surface area (Å²) >= 11 is 0. The molecule has 59 heavy (non-hydrogen) atoms. The zero-order valence-corrected chi connectivity index (χ0v) is 33.1. The highest BCUT2D eigenvalue weighted by atomic mass is 15.2. The standard InChI is InChI=1S/C57H44N2/c1-57-53-27-11-10-18-43(53)33-36-55(57)59(48-22-6-3-7-23-48)54-28-14-26-52(56(54)57)47-21-13-25-51(39-47)58(50-24-12-20-45(38-50)40-15-4-2-5-16-40)49-34-31-42(32-35-49)46-30-29-41-17-8-9-19-44(41)37-46/h2-25,27-39,52,55H,26H2,1H3. The van der Waals surface area contributed by atoms with Crippen molar-refractivity contribution in [3.05, 3.63) is 246 Å².